The van der Waals surface area contributed by atoms with Crippen molar-refractivity contribution in [2.24, 2.45) is 0 Å². The van der Waals surface area contributed by atoms with E-state index >= 15 is 0 Å². The van der Waals surface area contributed by atoms with E-state index in [9.17, 15) is 25.1 Å². The molecule has 1 aliphatic rings. The molecule has 0 radical (unpaired) electrons. The lowest BCUT2D eigenvalue weighted by Crippen LogP contribution is -2.55. The summed E-state index contributed by atoms with van der Waals surface area (Å²) in [5.41, 5.74) is -2.09. The van der Waals surface area contributed by atoms with E-state index in [0.717, 1.165) is 13.2 Å². The van der Waals surface area contributed by atoms with Crippen LogP contribution in [0.15, 0.2) is 46.6 Å². The molecule has 7 nitrogen and oxygen atoms in total. The largest absolute Gasteiger partial charge is 0.515 e. The van der Waals surface area contributed by atoms with E-state index in [1.54, 1.807) is 24.3 Å². The molecule has 0 fully saturated rings. The number of Topliss-reactive ketones (excluding diaryl/α,β-unsaturated/α-hetero) is 1. The molecule has 0 spiro atoms. The molecule has 0 saturated heterocycles. The summed E-state index contributed by atoms with van der Waals surface area (Å²) in [5, 5.41) is 30.6. The molecule has 0 aliphatic heterocycles. The summed E-state index contributed by atoms with van der Waals surface area (Å²) < 4.78 is 5.40. The fraction of sp³-hybridized carbons (Fsp3) is 0.214. The Morgan fingerprint density at radius 3 is 2.59 bits per heavy atom. The monoisotopic (exact) mass is 369 g/mol. The van der Waals surface area contributed by atoms with Gasteiger partial charge in [-0.15, -0.1) is 0 Å². The molecule has 2 rings (SSSR count). The SMILES string of the molecule is COC1([N+](=O)[O-])C=C(c2ccccc2Br)C(=CO)C(=O)C1O. The summed E-state index contributed by atoms with van der Waals surface area (Å²) in [6.45, 7) is 0. The zero-order valence-corrected chi connectivity index (χ0v) is 13.0. The van der Waals surface area contributed by atoms with Gasteiger partial charge in [0.1, 0.15) is 0 Å². The molecule has 8 heteroatoms. The van der Waals surface area contributed by atoms with Gasteiger partial charge in [0, 0.05) is 23.2 Å². The molecule has 0 saturated carbocycles. The van der Waals surface area contributed by atoms with Crippen molar-refractivity contribution in [3.8, 4) is 0 Å². The Kier molecular flexibility index (Phi) is 4.45. The number of ether oxygens (including phenoxy) is 1. The van der Waals surface area contributed by atoms with E-state index in [0.29, 0.717) is 16.3 Å². The fourth-order valence-electron chi connectivity index (χ4n) is 2.26. The normalized spacial score (nSPS) is 26.9. The van der Waals surface area contributed by atoms with Crippen LogP contribution in [-0.2, 0) is 9.53 Å². The first-order chi connectivity index (χ1) is 10.4. The maximum absolute atomic E-state index is 12.2. The smallest absolute Gasteiger partial charge is 0.378 e. The molecule has 1 aromatic carbocycles. The standard InChI is InChI=1S/C14H12BrNO6/c1-22-14(16(20)21)6-9(8-4-2-3-5-11(8)15)10(7-17)12(18)13(14)19/h2-7,13,17,19H,1H3. The molecule has 1 aliphatic carbocycles. The third-order valence-corrected chi connectivity index (χ3v) is 4.14. The molecule has 2 unspecified atom stereocenters. The van der Waals surface area contributed by atoms with Crippen LogP contribution in [0.3, 0.4) is 0 Å². The molecular formula is C14H12BrNO6. The van der Waals surface area contributed by atoms with Gasteiger partial charge in [-0.05, 0) is 11.6 Å². The number of nitrogens with zero attached hydrogens (tertiary/aromatic N) is 1. The van der Waals surface area contributed by atoms with E-state index in [1.807, 2.05) is 0 Å². The van der Waals surface area contributed by atoms with Crippen LogP contribution >= 0.6 is 15.9 Å². The van der Waals surface area contributed by atoms with Gasteiger partial charge in [-0.1, -0.05) is 34.1 Å². The number of hydrogen-bond donors (Lipinski definition) is 2. The van der Waals surface area contributed by atoms with Gasteiger partial charge in [0.15, 0.2) is 0 Å². The highest BCUT2D eigenvalue weighted by Crippen LogP contribution is 2.39. The van der Waals surface area contributed by atoms with Crippen LogP contribution in [0, 0.1) is 10.1 Å². The second-order valence-electron chi connectivity index (χ2n) is 4.56. The first kappa shape index (κ1) is 16.3. The van der Waals surface area contributed by atoms with Gasteiger partial charge in [0.2, 0.25) is 11.9 Å². The zero-order chi connectivity index (χ0) is 16.5. The number of methoxy groups -OCH3 is 1. The number of carbonyl (C=O) groups is 1. The Morgan fingerprint density at radius 2 is 2.09 bits per heavy atom. The minimum Gasteiger partial charge on any atom is -0.515 e. The average Bonchev–Trinajstić information content (AvgIpc) is 2.50. The number of aliphatic hydroxyl groups excluding tert-OH is 2. The molecule has 0 heterocycles. The zero-order valence-electron chi connectivity index (χ0n) is 11.4. The average molecular weight is 370 g/mol. The van der Waals surface area contributed by atoms with Gasteiger partial charge in [-0.25, -0.2) is 0 Å². The number of allylic oxidation sites excluding steroid dienone is 1. The summed E-state index contributed by atoms with van der Waals surface area (Å²) >= 11 is 3.29. The summed E-state index contributed by atoms with van der Waals surface area (Å²) in [7, 11) is 1.03. The fourth-order valence-corrected chi connectivity index (χ4v) is 2.76. The van der Waals surface area contributed by atoms with Crippen molar-refractivity contribution in [2.45, 2.75) is 11.8 Å². The number of halogens is 1. The predicted molar refractivity (Wildman–Crippen MR) is 80.6 cm³/mol. The molecule has 2 N–H and O–H groups in total. The lowest BCUT2D eigenvalue weighted by molar-refractivity contribution is -0.620. The van der Waals surface area contributed by atoms with Crippen LogP contribution in [-0.4, -0.2) is 39.9 Å². The molecule has 2 atom stereocenters. The van der Waals surface area contributed by atoms with E-state index in [1.165, 1.54) is 0 Å². The quantitative estimate of drug-likeness (QED) is 0.276. The number of nitro groups is 1. The van der Waals surface area contributed by atoms with E-state index in [2.05, 4.69) is 15.9 Å². The van der Waals surface area contributed by atoms with Crippen LogP contribution in [0.2, 0.25) is 0 Å². The maximum Gasteiger partial charge on any atom is 0.378 e. The van der Waals surface area contributed by atoms with Crippen molar-refractivity contribution in [1.29, 1.82) is 0 Å². The molecule has 116 valence electrons. The Balaban J connectivity index is 2.78. The second-order valence-corrected chi connectivity index (χ2v) is 5.41. The molecule has 22 heavy (non-hydrogen) atoms. The first-order valence-corrected chi connectivity index (χ1v) is 6.92. The van der Waals surface area contributed by atoms with Crippen molar-refractivity contribution >= 4 is 27.3 Å². The van der Waals surface area contributed by atoms with Crippen LogP contribution in [0.4, 0.5) is 0 Å². The van der Waals surface area contributed by atoms with Gasteiger partial charge >= 0.3 is 5.72 Å². The molecular weight excluding hydrogens is 358 g/mol. The van der Waals surface area contributed by atoms with Crippen LogP contribution in [0.25, 0.3) is 5.57 Å². The Hall–Kier alpha value is -2.03. The Labute approximate surface area is 133 Å². The third-order valence-electron chi connectivity index (χ3n) is 3.45. The van der Waals surface area contributed by atoms with Crippen molar-refractivity contribution in [2.75, 3.05) is 7.11 Å². The van der Waals surface area contributed by atoms with Gasteiger partial charge < -0.3 is 14.9 Å². The number of rotatable bonds is 3. The summed E-state index contributed by atoms with van der Waals surface area (Å²) in [4.78, 5) is 22.7. The van der Waals surface area contributed by atoms with Crippen molar-refractivity contribution < 1.29 is 24.7 Å². The molecule has 0 aromatic heterocycles. The second kappa shape index (κ2) is 5.99. The highest BCUT2D eigenvalue weighted by molar-refractivity contribution is 9.10. The van der Waals surface area contributed by atoms with Crippen molar-refractivity contribution in [1.82, 2.24) is 0 Å². The third kappa shape index (κ3) is 2.35. The van der Waals surface area contributed by atoms with E-state index in [4.69, 9.17) is 4.74 Å². The maximum atomic E-state index is 12.2. The topological polar surface area (TPSA) is 110 Å². The predicted octanol–water partition coefficient (Wildman–Crippen LogP) is 1.84. The minimum absolute atomic E-state index is 0.101. The van der Waals surface area contributed by atoms with E-state index < -0.39 is 22.5 Å². The number of carbonyl (C=O) groups excluding carboxylic acids is 1. The molecule has 0 bridgehead atoms. The van der Waals surface area contributed by atoms with Gasteiger partial charge in [-0.3, -0.25) is 14.9 Å². The summed E-state index contributed by atoms with van der Waals surface area (Å²) in [5.74, 6) is -0.991. The Bertz CT molecular complexity index is 698. The number of hydrogen-bond acceptors (Lipinski definition) is 6. The summed E-state index contributed by atoms with van der Waals surface area (Å²) in [6, 6.07) is 6.70. The van der Waals surface area contributed by atoms with Gasteiger partial charge in [-0.2, -0.15) is 0 Å². The van der Waals surface area contributed by atoms with Crippen molar-refractivity contribution in [3.63, 3.8) is 0 Å². The van der Waals surface area contributed by atoms with Gasteiger partial charge in [0.05, 0.1) is 16.8 Å². The Morgan fingerprint density at radius 1 is 1.45 bits per heavy atom. The minimum atomic E-state index is -2.41. The van der Waals surface area contributed by atoms with Crippen LogP contribution in [0.5, 0.6) is 0 Å². The molecule has 0 amide bonds. The number of aliphatic hydroxyl groups is 2. The van der Waals surface area contributed by atoms with Gasteiger partial charge in [0.25, 0.3) is 0 Å². The molecule has 1 aromatic rings. The number of benzene rings is 1. The lowest BCUT2D eigenvalue weighted by atomic mass is 9.82. The lowest BCUT2D eigenvalue weighted by Gasteiger charge is -2.30. The number of ketones is 1. The highest BCUT2D eigenvalue weighted by atomic mass is 79.9. The van der Waals surface area contributed by atoms with E-state index in [-0.39, 0.29) is 11.1 Å². The highest BCUT2D eigenvalue weighted by Gasteiger charge is 2.57. The first-order valence-electron chi connectivity index (χ1n) is 6.13. The summed E-state index contributed by atoms with van der Waals surface area (Å²) in [6.07, 6.45) is -0.505. The van der Waals surface area contributed by atoms with Crippen molar-refractivity contribution in [3.05, 3.63) is 62.3 Å². The van der Waals surface area contributed by atoms with Crippen LogP contribution < -0.4 is 0 Å². The van der Waals surface area contributed by atoms with Crippen LogP contribution in [0.1, 0.15) is 5.56 Å².